The predicted molar refractivity (Wildman–Crippen MR) is 118 cm³/mol. The second-order valence-electron chi connectivity index (χ2n) is 7.30. The molecule has 1 N–H and O–H groups in total. The number of amides is 1. The lowest BCUT2D eigenvalue weighted by Gasteiger charge is -2.09. The van der Waals surface area contributed by atoms with Crippen LogP contribution in [0, 0.1) is 27.7 Å². The van der Waals surface area contributed by atoms with Crippen LogP contribution in [0.3, 0.4) is 0 Å². The van der Waals surface area contributed by atoms with Crippen molar-refractivity contribution in [2.24, 2.45) is 0 Å². The van der Waals surface area contributed by atoms with Crippen LogP contribution in [0.1, 0.15) is 45.0 Å². The van der Waals surface area contributed by atoms with Crippen molar-refractivity contribution in [2.45, 2.75) is 47.1 Å². The number of fused-ring (bicyclic) bond motifs is 1. The molecule has 0 saturated heterocycles. The summed E-state index contributed by atoms with van der Waals surface area (Å²) < 4.78 is 6.20. The lowest BCUT2D eigenvalue weighted by atomic mass is 10.1. The highest BCUT2D eigenvalue weighted by molar-refractivity contribution is 7.20. The Bertz CT molecular complexity index is 1190. The first-order valence-electron chi connectivity index (χ1n) is 9.69. The number of esters is 1. The standard InChI is InChI=1S/C22H25N3O4S/c1-12-8-9-16(13(2)11-12)24-20(27)19-14(3)18-21(30-19)23-15(4)25(22(18)28)10-6-7-17(26)29-5/h8-9,11H,6-7,10H2,1-5H3,(H,24,27). The molecule has 1 aromatic carbocycles. The molecule has 0 aliphatic carbocycles. The molecule has 158 valence electrons. The smallest absolute Gasteiger partial charge is 0.305 e. The maximum absolute atomic E-state index is 13.1. The number of anilines is 1. The van der Waals surface area contributed by atoms with Gasteiger partial charge in [-0.2, -0.15) is 0 Å². The molecule has 3 aromatic rings. The van der Waals surface area contributed by atoms with E-state index in [1.807, 2.05) is 32.0 Å². The van der Waals surface area contributed by atoms with Gasteiger partial charge in [0.1, 0.15) is 10.7 Å². The molecule has 0 fully saturated rings. The highest BCUT2D eigenvalue weighted by atomic mass is 32.1. The summed E-state index contributed by atoms with van der Waals surface area (Å²) in [7, 11) is 1.34. The van der Waals surface area contributed by atoms with E-state index in [9.17, 15) is 14.4 Å². The molecule has 2 aromatic heterocycles. The van der Waals surface area contributed by atoms with Crippen molar-refractivity contribution in [2.75, 3.05) is 12.4 Å². The maximum atomic E-state index is 13.1. The third-order valence-electron chi connectivity index (χ3n) is 5.07. The summed E-state index contributed by atoms with van der Waals surface area (Å²) in [4.78, 5) is 42.9. The second-order valence-corrected chi connectivity index (χ2v) is 8.30. The van der Waals surface area contributed by atoms with Crippen LogP contribution in [0.15, 0.2) is 23.0 Å². The third kappa shape index (κ3) is 4.28. The van der Waals surface area contributed by atoms with Gasteiger partial charge in [0.05, 0.1) is 17.4 Å². The van der Waals surface area contributed by atoms with E-state index in [2.05, 4.69) is 15.0 Å². The van der Waals surface area contributed by atoms with Crippen LogP contribution in [0.4, 0.5) is 5.69 Å². The molecule has 0 spiro atoms. The molecule has 0 unspecified atom stereocenters. The van der Waals surface area contributed by atoms with Crippen molar-refractivity contribution in [1.29, 1.82) is 0 Å². The zero-order chi connectivity index (χ0) is 22.0. The first kappa shape index (κ1) is 21.7. The summed E-state index contributed by atoms with van der Waals surface area (Å²) >= 11 is 1.22. The molecule has 8 heteroatoms. The van der Waals surface area contributed by atoms with E-state index in [-0.39, 0.29) is 23.9 Å². The zero-order valence-corrected chi connectivity index (χ0v) is 18.6. The molecule has 0 bridgehead atoms. The Morgan fingerprint density at radius 2 is 1.93 bits per heavy atom. The van der Waals surface area contributed by atoms with Gasteiger partial charge in [0.2, 0.25) is 0 Å². The van der Waals surface area contributed by atoms with Gasteiger partial charge in [-0.1, -0.05) is 17.7 Å². The second kappa shape index (κ2) is 8.79. The van der Waals surface area contributed by atoms with Crippen molar-refractivity contribution >= 4 is 39.1 Å². The van der Waals surface area contributed by atoms with Gasteiger partial charge < -0.3 is 10.1 Å². The molecule has 0 saturated carbocycles. The molecule has 0 aliphatic heterocycles. The monoisotopic (exact) mass is 427 g/mol. The number of nitrogens with zero attached hydrogens (tertiary/aromatic N) is 2. The fourth-order valence-corrected chi connectivity index (χ4v) is 4.53. The highest BCUT2D eigenvalue weighted by Gasteiger charge is 2.21. The summed E-state index contributed by atoms with van der Waals surface area (Å²) in [6.45, 7) is 7.83. The number of hydrogen-bond donors (Lipinski definition) is 1. The average Bonchev–Trinajstić information content (AvgIpc) is 3.02. The Morgan fingerprint density at radius 3 is 2.60 bits per heavy atom. The molecule has 30 heavy (non-hydrogen) atoms. The molecule has 1 amide bonds. The Balaban J connectivity index is 1.93. The van der Waals surface area contributed by atoms with E-state index in [4.69, 9.17) is 0 Å². The van der Waals surface area contributed by atoms with Crippen LogP contribution in [-0.4, -0.2) is 28.5 Å². The van der Waals surface area contributed by atoms with Gasteiger partial charge in [-0.15, -0.1) is 11.3 Å². The number of aryl methyl sites for hydroxylation is 4. The van der Waals surface area contributed by atoms with E-state index in [0.29, 0.717) is 39.4 Å². The van der Waals surface area contributed by atoms with Gasteiger partial charge in [0.25, 0.3) is 11.5 Å². The molecular formula is C22H25N3O4S. The molecular weight excluding hydrogens is 402 g/mol. The average molecular weight is 428 g/mol. The van der Waals surface area contributed by atoms with E-state index in [0.717, 1.165) is 16.8 Å². The van der Waals surface area contributed by atoms with Gasteiger partial charge in [-0.05, 0) is 51.3 Å². The highest BCUT2D eigenvalue weighted by Crippen LogP contribution is 2.29. The third-order valence-corrected chi connectivity index (χ3v) is 6.25. The fraction of sp³-hybridized carbons (Fsp3) is 0.364. The minimum atomic E-state index is -0.313. The van der Waals surface area contributed by atoms with Crippen molar-refractivity contribution in [3.63, 3.8) is 0 Å². The van der Waals surface area contributed by atoms with Crippen LogP contribution in [-0.2, 0) is 16.1 Å². The number of rotatable bonds is 6. The quantitative estimate of drug-likeness (QED) is 0.603. The largest absolute Gasteiger partial charge is 0.469 e. The van der Waals surface area contributed by atoms with Crippen LogP contribution >= 0.6 is 11.3 Å². The van der Waals surface area contributed by atoms with Crippen LogP contribution < -0.4 is 10.9 Å². The molecule has 3 rings (SSSR count). The summed E-state index contributed by atoms with van der Waals surface area (Å²) in [5.41, 5.74) is 3.27. The number of benzene rings is 1. The number of carbonyl (C=O) groups is 2. The van der Waals surface area contributed by atoms with E-state index in [1.54, 1.807) is 18.4 Å². The topological polar surface area (TPSA) is 90.3 Å². The van der Waals surface area contributed by atoms with Gasteiger partial charge in [0, 0.05) is 18.7 Å². The number of nitrogens with one attached hydrogen (secondary N) is 1. The van der Waals surface area contributed by atoms with E-state index >= 15 is 0 Å². The predicted octanol–water partition coefficient (Wildman–Crippen LogP) is 3.90. The van der Waals surface area contributed by atoms with Crippen LogP contribution in [0.5, 0.6) is 0 Å². The molecule has 0 radical (unpaired) electrons. The number of methoxy groups -OCH3 is 1. The number of ether oxygens (including phenoxy) is 1. The normalized spacial score (nSPS) is 11.0. The number of aromatic nitrogens is 2. The minimum Gasteiger partial charge on any atom is -0.469 e. The van der Waals surface area contributed by atoms with E-state index < -0.39 is 0 Å². The van der Waals surface area contributed by atoms with Gasteiger partial charge in [0.15, 0.2) is 0 Å². The summed E-state index contributed by atoms with van der Waals surface area (Å²) in [5.74, 6) is -0.0106. The van der Waals surface area contributed by atoms with Gasteiger partial charge in [-0.3, -0.25) is 19.0 Å². The van der Waals surface area contributed by atoms with Crippen molar-refractivity contribution in [3.05, 3.63) is 55.9 Å². The Morgan fingerprint density at radius 1 is 1.20 bits per heavy atom. The van der Waals surface area contributed by atoms with Gasteiger partial charge in [-0.25, -0.2) is 4.98 Å². The zero-order valence-electron chi connectivity index (χ0n) is 17.8. The van der Waals surface area contributed by atoms with Crippen LogP contribution in [0.2, 0.25) is 0 Å². The number of hydrogen-bond acceptors (Lipinski definition) is 6. The molecule has 7 nitrogen and oxygen atoms in total. The molecule has 0 atom stereocenters. The first-order valence-corrected chi connectivity index (χ1v) is 10.5. The first-order chi connectivity index (χ1) is 14.2. The molecule has 2 heterocycles. The Labute approximate surface area is 178 Å². The van der Waals surface area contributed by atoms with E-state index in [1.165, 1.54) is 18.4 Å². The Hall–Kier alpha value is -3.00. The lowest BCUT2D eigenvalue weighted by Crippen LogP contribution is -2.24. The lowest BCUT2D eigenvalue weighted by molar-refractivity contribution is -0.140. The van der Waals surface area contributed by atoms with Gasteiger partial charge >= 0.3 is 5.97 Å². The Kier molecular flexibility index (Phi) is 6.36. The summed E-state index contributed by atoms with van der Waals surface area (Å²) in [6, 6.07) is 5.82. The number of thiophene rings is 1. The minimum absolute atomic E-state index is 0.193. The SMILES string of the molecule is COC(=O)CCCn1c(C)nc2sc(C(=O)Nc3ccc(C)cc3C)c(C)c2c1=O. The van der Waals surface area contributed by atoms with Crippen molar-refractivity contribution in [1.82, 2.24) is 9.55 Å². The van der Waals surface area contributed by atoms with Crippen LogP contribution in [0.25, 0.3) is 10.2 Å². The van der Waals surface area contributed by atoms with Crippen molar-refractivity contribution in [3.8, 4) is 0 Å². The maximum Gasteiger partial charge on any atom is 0.305 e. The molecule has 0 aliphatic rings. The summed E-state index contributed by atoms with van der Waals surface area (Å²) in [6.07, 6.45) is 0.705. The number of carbonyl (C=O) groups excluding carboxylic acids is 2. The fourth-order valence-electron chi connectivity index (χ4n) is 3.41. The summed E-state index contributed by atoms with van der Waals surface area (Å²) in [5, 5.41) is 3.39. The van der Waals surface area contributed by atoms with Crippen molar-refractivity contribution < 1.29 is 14.3 Å².